The van der Waals surface area contributed by atoms with E-state index in [1.165, 1.54) is 0 Å². The van der Waals surface area contributed by atoms with Crippen LogP contribution in [0.1, 0.15) is 30.2 Å². The van der Waals surface area contributed by atoms with Crippen LogP contribution in [0.15, 0.2) is 30.5 Å². The highest BCUT2D eigenvalue weighted by Gasteiger charge is 2.28. The van der Waals surface area contributed by atoms with Crippen LogP contribution in [0.25, 0.3) is 0 Å². The molecule has 0 unspecified atom stereocenters. The third-order valence-corrected chi connectivity index (χ3v) is 5.52. The van der Waals surface area contributed by atoms with E-state index in [0.29, 0.717) is 23.2 Å². The van der Waals surface area contributed by atoms with Crippen molar-refractivity contribution >= 4 is 35.1 Å². The number of halogens is 1. The first-order valence-corrected chi connectivity index (χ1v) is 8.69. The molecule has 1 aliphatic heterocycles. The monoisotopic (exact) mass is 335 g/mol. The topological polar surface area (TPSA) is 46.9 Å². The van der Waals surface area contributed by atoms with Gasteiger partial charge in [0.1, 0.15) is 5.82 Å². The van der Waals surface area contributed by atoms with Crippen LogP contribution < -0.4 is 5.32 Å². The molecule has 0 saturated heterocycles. The van der Waals surface area contributed by atoms with Crippen molar-refractivity contribution in [3.8, 4) is 0 Å². The zero-order chi connectivity index (χ0) is 15.7. The normalized spacial score (nSPS) is 18.0. The summed E-state index contributed by atoms with van der Waals surface area (Å²) < 4.78 is 1.86. The average molecular weight is 336 g/mol. The first-order valence-electron chi connectivity index (χ1n) is 7.26. The minimum absolute atomic E-state index is 0.0345. The Labute approximate surface area is 139 Å². The van der Waals surface area contributed by atoms with Gasteiger partial charge in [0.25, 0.3) is 0 Å². The number of carbonyl (C=O) groups is 1. The number of rotatable bonds is 3. The lowest BCUT2D eigenvalue weighted by atomic mass is 10.0. The molecule has 1 aromatic heterocycles. The van der Waals surface area contributed by atoms with Crippen LogP contribution in [0.3, 0.4) is 0 Å². The van der Waals surface area contributed by atoms with E-state index in [1.54, 1.807) is 11.8 Å². The molecule has 0 fully saturated rings. The summed E-state index contributed by atoms with van der Waals surface area (Å²) in [6.07, 6.45) is 1.88. The number of aromatic nitrogens is 2. The summed E-state index contributed by atoms with van der Waals surface area (Å²) in [5.74, 6) is 1.79. The van der Waals surface area contributed by atoms with Crippen molar-refractivity contribution < 1.29 is 4.79 Å². The molecule has 0 bridgehead atoms. The van der Waals surface area contributed by atoms with Gasteiger partial charge >= 0.3 is 0 Å². The summed E-state index contributed by atoms with van der Waals surface area (Å²) >= 11 is 7.60. The summed E-state index contributed by atoms with van der Waals surface area (Å²) in [5, 5.41) is 8.48. The zero-order valence-corrected chi connectivity index (χ0v) is 14.1. The summed E-state index contributed by atoms with van der Waals surface area (Å²) in [6.45, 7) is 4.96. The van der Waals surface area contributed by atoms with Crippen molar-refractivity contribution in [1.82, 2.24) is 9.78 Å². The maximum absolute atomic E-state index is 12.0. The van der Waals surface area contributed by atoms with Crippen LogP contribution in [0.2, 0.25) is 5.02 Å². The Morgan fingerprint density at radius 3 is 2.82 bits per heavy atom. The molecule has 1 amide bonds. The molecule has 0 spiro atoms. The molecule has 1 atom stereocenters. The fourth-order valence-corrected chi connectivity index (χ4v) is 3.87. The molecule has 0 radical (unpaired) electrons. The Kier molecular flexibility index (Phi) is 4.45. The van der Waals surface area contributed by atoms with Gasteiger partial charge in [0.15, 0.2) is 0 Å². The second-order valence-electron chi connectivity index (χ2n) is 5.76. The summed E-state index contributed by atoms with van der Waals surface area (Å²) in [6, 6.07) is 7.68. The smallest absolute Gasteiger partial charge is 0.235 e. The molecule has 4 nitrogen and oxygen atoms in total. The maximum atomic E-state index is 12.0. The molecule has 3 rings (SSSR count). The fraction of sp³-hybridized carbons (Fsp3) is 0.375. The van der Waals surface area contributed by atoms with Gasteiger partial charge in [0, 0.05) is 15.8 Å². The number of fused-ring (bicyclic) bond motifs is 1. The third kappa shape index (κ3) is 3.15. The molecule has 1 aromatic carbocycles. The molecule has 2 aromatic rings. The van der Waals surface area contributed by atoms with Crippen molar-refractivity contribution in [2.45, 2.75) is 25.6 Å². The molecule has 6 heteroatoms. The number of hydrogen-bond acceptors (Lipinski definition) is 3. The zero-order valence-electron chi connectivity index (χ0n) is 12.5. The summed E-state index contributed by atoms with van der Waals surface area (Å²) in [5.41, 5.74) is 2.21. The van der Waals surface area contributed by atoms with Crippen LogP contribution in [0.5, 0.6) is 0 Å². The lowest BCUT2D eigenvalue weighted by molar-refractivity contribution is -0.113. The van der Waals surface area contributed by atoms with Crippen LogP contribution in [0, 0.1) is 5.92 Å². The van der Waals surface area contributed by atoms with Gasteiger partial charge in [-0.3, -0.25) is 4.79 Å². The van der Waals surface area contributed by atoms with Gasteiger partial charge in [-0.15, -0.1) is 11.8 Å². The number of benzene rings is 1. The lowest BCUT2D eigenvalue weighted by Gasteiger charge is -2.17. The minimum Gasteiger partial charge on any atom is -0.310 e. The number of nitrogens with one attached hydrogen (secondary N) is 1. The van der Waals surface area contributed by atoms with Crippen LogP contribution in [-0.4, -0.2) is 21.4 Å². The SMILES string of the molecule is CC(C)[C@@H]1SCC(=O)Nc2c1cnn2Cc1ccc(Cl)cc1. The average Bonchev–Trinajstić information content (AvgIpc) is 2.75. The van der Waals surface area contributed by atoms with E-state index in [4.69, 9.17) is 11.6 Å². The first-order chi connectivity index (χ1) is 10.5. The number of nitrogens with zero attached hydrogens (tertiary/aromatic N) is 2. The molecule has 0 saturated carbocycles. The third-order valence-electron chi connectivity index (χ3n) is 3.68. The van der Waals surface area contributed by atoms with Crippen LogP contribution >= 0.6 is 23.4 Å². The van der Waals surface area contributed by atoms with Crippen molar-refractivity contribution in [2.75, 3.05) is 11.1 Å². The second kappa shape index (κ2) is 6.34. The molecular weight excluding hydrogens is 318 g/mol. The van der Waals surface area contributed by atoms with E-state index in [0.717, 1.165) is 16.9 Å². The molecule has 1 aliphatic rings. The summed E-state index contributed by atoms with van der Waals surface area (Å²) in [4.78, 5) is 12.0. The van der Waals surface area contributed by atoms with Crippen molar-refractivity contribution in [1.29, 1.82) is 0 Å². The predicted octanol–water partition coefficient (Wildman–Crippen LogP) is 3.97. The standard InChI is InChI=1S/C16H18ClN3OS/c1-10(2)15-13-7-18-20(16(13)19-14(21)9-22-15)8-11-3-5-12(17)6-4-11/h3-7,10,15H,8-9H2,1-2H3,(H,19,21)/t15-/m0/s1. The van der Waals surface area contributed by atoms with E-state index < -0.39 is 0 Å². The number of carbonyl (C=O) groups excluding carboxylic acids is 1. The molecule has 116 valence electrons. The van der Waals surface area contributed by atoms with Gasteiger partial charge in [-0.25, -0.2) is 4.68 Å². The molecular formula is C16H18ClN3OS. The van der Waals surface area contributed by atoms with Gasteiger partial charge in [-0.1, -0.05) is 37.6 Å². The largest absolute Gasteiger partial charge is 0.310 e. The van der Waals surface area contributed by atoms with Crippen molar-refractivity contribution in [2.24, 2.45) is 5.92 Å². The quantitative estimate of drug-likeness (QED) is 0.923. The number of anilines is 1. The van der Waals surface area contributed by atoms with Gasteiger partial charge in [-0.05, 0) is 23.6 Å². The highest BCUT2D eigenvalue weighted by Crippen LogP contribution is 2.41. The Morgan fingerprint density at radius 2 is 2.14 bits per heavy atom. The van der Waals surface area contributed by atoms with Gasteiger partial charge in [0.2, 0.25) is 5.91 Å². The molecule has 0 aliphatic carbocycles. The Bertz CT molecular complexity index is 681. The number of thioether (sulfide) groups is 1. The van der Waals surface area contributed by atoms with Gasteiger partial charge in [0.05, 0.1) is 18.5 Å². The Hall–Kier alpha value is -1.46. The number of hydrogen-bond donors (Lipinski definition) is 1. The van der Waals surface area contributed by atoms with E-state index in [9.17, 15) is 4.79 Å². The van der Waals surface area contributed by atoms with Crippen LogP contribution in [0.4, 0.5) is 5.82 Å². The second-order valence-corrected chi connectivity index (χ2v) is 7.32. The van der Waals surface area contributed by atoms with Crippen molar-refractivity contribution in [3.05, 3.63) is 46.6 Å². The fourth-order valence-electron chi connectivity index (χ4n) is 2.60. The highest BCUT2D eigenvalue weighted by atomic mass is 35.5. The summed E-state index contributed by atoms with van der Waals surface area (Å²) in [7, 11) is 0. The van der Waals surface area contributed by atoms with E-state index in [1.807, 2.05) is 35.1 Å². The first kappa shape index (κ1) is 15.4. The predicted molar refractivity (Wildman–Crippen MR) is 91.4 cm³/mol. The van der Waals surface area contributed by atoms with E-state index >= 15 is 0 Å². The van der Waals surface area contributed by atoms with Gasteiger partial charge < -0.3 is 5.32 Å². The van der Waals surface area contributed by atoms with Crippen LogP contribution in [-0.2, 0) is 11.3 Å². The molecule has 2 heterocycles. The van der Waals surface area contributed by atoms with E-state index in [2.05, 4.69) is 24.3 Å². The van der Waals surface area contributed by atoms with Crippen molar-refractivity contribution in [3.63, 3.8) is 0 Å². The highest BCUT2D eigenvalue weighted by molar-refractivity contribution is 8.00. The number of amides is 1. The lowest BCUT2D eigenvalue weighted by Crippen LogP contribution is -2.16. The molecule has 1 N–H and O–H groups in total. The minimum atomic E-state index is 0.0345. The van der Waals surface area contributed by atoms with E-state index in [-0.39, 0.29) is 11.2 Å². The molecule has 22 heavy (non-hydrogen) atoms. The maximum Gasteiger partial charge on any atom is 0.235 e. The Balaban J connectivity index is 1.93. The van der Waals surface area contributed by atoms with Gasteiger partial charge in [-0.2, -0.15) is 5.10 Å². The Morgan fingerprint density at radius 1 is 1.41 bits per heavy atom.